The van der Waals surface area contributed by atoms with Crippen LogP contribution >= 0.6 is 0 Å². The summed E-state index contributed by atoms with van der Waals surface area (Å²) in [6, 6.07) is 3.40. The molecule has 0 unspecified atom stereocenters. The number of carbonyl (C=O) groups is 1. The Hall–Kier alpha value is -1.46. The van der Waals surface area contributed by atoms with Gasteiger partial charge >= 0.3 is 5.97 Å². The van der Waals surface area contributed by atoms with Gasteiger partial charge in [0.25, 0.3) is 0 Å². The van der Waals surface area contributed by atoms with Crippen molar-refractivity contribution in [2.45, 2.75) is 19.4 Å². The van der Waals surface area contributed by atoms with E-state index >= 15 is 0 Å². The fourth-order valence-electron chi connectivity index (χ4n) is 2.25. The van der Waals surface area contributed by atoms with Gasteiger partial charge in [-0.15, -0.1) is 0 Å². The maximum absolute atomic E-state index is 10.7. The largest absolute Gasteiger partial charge is 0.478 e. The monoisotopic (exact) mass is 249 g/mol. The van der Waals surface area contributed by atoms with Crippen molar-refractivity contribution < 1.29 is 9.90 Å². The van der Waals surface area contributed by atoms with Gasteiger partial charge in [0, 0.05) is 12.7 Å². The number of pyridine rings is 1. The van der Waals surface area contributed by atoms with Crippen LogP contribution < -0.4 is 5.73 Å². The number of piperidine rings is 1. The first-order chi connectivity index (χ1) is 8.69. The topological polar surface area (TPSA) is 79.5 Å². The predicted molar refractivity (Wildman–Crippen MR) is 68.3 cm³/mol. The molecule has 5 heteroatoms. The molecule has 0 saturated carbocycles. The average molecular weight is 249 g/mol. The van der Waals surface area contributed by atoms with Crippen LogP contribution in [0.2, 0.25) is 0 Å². The second-order valence-corrected chi connectivity index (χ2v) is 4.80. The van der Waals surface area contributed by atoms with Gasteiger partial charge < -0.3 is 10.8 Å². The van der Waals surface area contributed by atoms with Crippen molar-refractivity contribution in [3.63, 3.8) is 0 Å². The SMILES string of the molecule is NCC1CCN(Cc2ccc(C(=O)O)cn2)CC1. The molecule has 1 saturated heterocycles. The fourth-order valence-corrected chi connectivity index (χ4v) is 2.25. The fraction of sp³-hybridized carbons (Fsp3) is 0.538. The predicted octanol–water partition coefficient (Wildman–Crippen LogP) is 0.950. The van der Waals surface area contributed by atoms with Crippen LogP contribution in [-0.2, 0) is 6.54 Å². The minimum atomic E-state index is -0.933. The molecule has 0 aromatic carbocycles. The van der Waals surface area contributed by atoms with Crippen molar-refractivity contribution in [1.29, 1.82) is 0 Å². The van der Waals surface area contributed by atoms with Crippen LogP contribution in [-0.4, -0.2) is 40.6 Å². The van der Waals surface area contributed by atoms with Gasteiger partial charge in [0.15, 0.2) is 0 Å². The van der Waals surface area contributed by atoms with E-state index in [1.54, 1.807) is 12.1 Å². The molecule has 0 atom stereocenters. The first-order valence-corrected chi connectivity index (χ1v) is 6.29. The van der Waals surface area contributed by atoms with Gasteiger partial charge in [0.05, 0.1) is 11.3 Å². The molecule has 1 aromatic heterocycles. The van der Waals surface area contributed by atoms with Crippen LogP contribution in [0, 0.1) is 5.92 Å². The van der Waals surface area contributed by atoms with Crippen LogP contribution in [0.3, 0.4) is 0 Å². The maximum atomic E-state index is 10.7. The van der Waals surface area contributed by atoms with E-state index in [0.717, 1.165) is 44.7 Å². The molecule has 1 aliphatic heterocycles. The quantitative estimate of drug-likeness (QED) is 0.830. The Kier molecular flexibility index (Phi) is 4.28. The number of aromatic nitrogens is 1. The van der Waals surface area contributed by atoms with E-state index < -0.39 is 5.97 Å². The number of rotatable bonds is 4. The zero-order valence-electron chi connectivity index (χ0n) is 10.4. The van der Waals surface area contributed by atoms with Gasteiger partial charge in [0.1, 0.15) is 0 Å². The highest BCUT2D eigenvalue weighted by molar-refractivity contribution is 5.87. The highest BCUT2D eigenvalue weighted by Crippen LogP contribution is 2.17. The number of likely N-dealkylation sites (tertiary alicyclic amines) is 1. The van der Waals surface area contributed by atoms with Crippen molar-refractivity contribution >= 4 is 5.97 Å². The highest BCUT2D eigenvalue weighted by Gasteiger charge is 2.18. The van der Waals surface area contributed by atoms with Gasteiger partial charge in [-0.2, -0.15) is 0 Å². The van der Waals surface area contributed by atoms with E-state index in [2.05, 4.69) is 9.88 Å². The van der Waals surface area contributed by atoms with E-state index in [1.165, 1.54) is 6.20 Å². The molecule has 0 aliphatic carbocycles. The molecule has 2 rings (SSSR count). The lowest BCUT2D eigenvalue weighted by Gasteiger charge is -2.30. The van der Waals surface area contributed by atoms with Crippen molar-refractivity contribution in [2.75, 3.05) is 19.6 Å². The standard InChI is InChI=1S/C13H19N3O2/c14-7-10-3-5-16(6-4-10)9-12-2-1-11(8-15-12)13(17)18/h1-2,8,10H,3-7,9,14H2,(H,17,18). The second-order valence-electron chi connectivity index (χ2n) is 4.80. The van der Waals surface area contributed by atoms with Crippen LogP contribution in [0.5, 0.6) is 0 Å². The lowest BCUT2D eigenvalue weighted by atomic mass is 9.97. The zero-order chi connectivity index (χ0) is 13.0. The Morgan fingerprint density at radius 3 is 2.67 bits per heavy atom. The number of hydrogen-bond donors (Lipinski definition) is 2. The summed E-state index contributed by atoms with van der Waals surface area (Å²) in [6.07, 6.45) is 3.71. The molecule has 3 N–H and O–H groups in total. The first kappa shape index (κ1) is 13.0. The van der Waals surface area contributed by atoms with Crippen molar-refractivity contribution in [3.05, 3.63) is 29.6 Å². The molecule has 1 aliphatic rings. The molecule has 5 nitrogen and oxygen atoms in total. The van der Waals surface area contributed by atoms with Crippen LogP contribution in [0.15, 0.2) is 18.3 Å². The Morgan fingerprint density at radius 1 is 1.44 bits per heavy atom. The minimum absolute atomic E-state index is 0.237. The van der Waals surface area contributed by atoms with Gasteiger partial charge in [-0.3, -0.25) is 9.88 Å². The van der Waals surface area contributed by atoms with Gasteiger partial charge in [-0.05, 0) is 50.5 Å². The smallest absolute Gasteiger partial charge is 0.337 e. The summed E-state index contributed by atoms with van der Waals surface area (Å²) in [5.41, 5.74) is 6.82. The lowest BCUT2D eigenvalue weighted by molar-refractivity contribution is 0.0696. The molecule has 98 valence electrons. The maximum Gasteiger partial charge on any atom is 0.337 e. The van der Waals surface area contributed by atoms with Gasteiger partial charge in [-0.25, -0.2) is 4.79 Å². The summed E-state index contributed by atoms with van der Waals surface area (Å²) in [4.78, 5) is 17.2. The van der Waals surface area contributed by atoms with Crippen LogP contribution in [0.4, 0.5) is 0 Å². The number of nitrogens with two attached hydrogens (primary N) is 1. The van der Waals surface area contributed by atoms with Crippen molar-refractivity contribution in [2.24, 2.45) is 11.7 Å². The number of aromatic carboxylic acids is 1. The molecule has 2 heterocycles. The third kappa shape index (κ3) is 3.27. The average Bonchev–Trinajstić information content (AvgIpc) is 2.40. The number of carboxylic acid groups (broad SMARTS) is 1. The molecule has 18 heavy (non-hydrogen) atoms. The zero-order valence-corrected chi connectivity index (χ0v) is 10.4. The first-order valence-electron chi connectivity index (χ1n) is 6.29. The van der Waals surface area contributed by atoms with Crippen molar-refractivity contribution in [1.82, 2.24) is 9.88 Å². The molecular weight excluding hydrogens is 230 g/mol. The van der Waals surface area contributed by atoms with Crippen LogP contribution in [0.25, 0.3) is 0 Å². The Labute approximate surface area is 107 Å². The molecule has 0 radical (unpaired) electrons. The van der Waals surface area contributed by atoms with Crippen molar-refractivity contribution in [3.8, 4) is 0 Å². The Balaban J connectivity index is 1.88. The summed E-state index contributed by atoms with van der Waals surface area (Å²) < 4.78 is 0. The number of nitrogens with zero attached hydrogens (tertiary/aromatic N) is 2. The lowest BCUT2D eigenvalue weighted by Crippen LogP contribution is -2.35. The van der Waals surface area contributed by atoms with E-state index in [-0.39, 0.29) is 5.56 Å². The molecule has 0 amide bonds. The summed E-state index contributed by atoms with van der Waals surface area (Å²) in [5.74, 6) is -0.276. The summed E-state index contributed by atoms with van der Waals surface area (Å²) in [6.45, 7) is 3.66. The molecule has 0 bridgehead atoms. The summed E-state index contributed by atoms with van der Waals surface area (Å²) in [7, 11) is 0. The number of hydrogen-bond acceptors (Lipinski definition) is 4. The summed E-state index contributed by atoms with van der Waals surface area (Å²) >= 11 is 0. The molecule has 1 fully saturated rings. The van der Waals surface area contributed by atoms with Gasteiger partial charge in [0.2, 0.25) is 0 Å². The third-order valence-electron chi connectivity index (χ3n) is 3.50. The van der Waals surface area contributed by atoms with Gasteiger partial charge in [-0.1, -0.05) is 0 Å². The number of carboxylic acids is 1. The second kappa shape index (κ2) is 5.93. The molecule has 0 spiro atoms. The normalized spacial score (nSPS) is 17.8. The highest BCUT2D eigenvalue weighted by atomic mass is 16.4. The minimum Gasteiger partial charge on any atom is -0.478 e. The van der Waals surface area contributed by atoms with E-state index in [9.17, 15) is 4.79 Å². The molecular formula is C13H19N3O2. The Bertz CT molecular complexity index is 397. The third-order valence-corrected chi connectivity index (χ3v) is 3.50. The summed E-state index contributed by atoms with van der Waals surface area (Å²) in [5, 5.41) is 8.79. The molecule has 1 aromatic rings. The van der Waals surface area contributed by atoms with E-state index in [4.69, 9.17) is 10.8 Å². The van der Waals surface area contributed by atoms with Crippen LogP contribution in [0.1, 0.15) is 28.9 Å². The Morgan fingerprint density at radius 2 is 2.17 bits per heavy atom. The van der Waals surface area contributed by atoms with E-state index in [0.29, 0.717) is 5.92 Å². The van der Waals surface area contributed by atoms with E-state index in [1.807, 2.05) is 0 Å².